The highest BCUT2D eigenvalue weighted by molar-refractivity contribution is 5.93. The molecule has 0 bridgehead atoms. The zero-order chi connectivity index (χ0) is 11.3. The van der Waals surface area contributed by atoms with Crippen LogP contribution in [0.25, 0.3) is 0 Å². The Morgan fingerprint density at radius 3 is 2.53 bits per heavy atom. The van der Waals surface area contributed by atoms with Crippen LogP contribution in [0.1, 0.15) is 49.4 Å². The lowest BCUT2D eigenvalue weighted by Gasteiger charge is -2.09. The highest BCUT2D eigenvalue weighted by Crippen LogP contribution is 2.17. The Hall–Kier alpha value is -1.09. The fraction of sp³-hybridized carbons (Fsp3) is 0.583. The van der Waals surface area contributed by atoms with Crippen LogP contribution in [0.15, 0.2) is 16.5 Å². The van der Waals surface area contributed by atoms with Crippen LogP contribution in [0.4, 0.5) is 0 Å². The van der Waals surface area contributed by atoms with Gasteiger partial charge < -0.3 is 10.2 Å². The highest BCUT2D eigenvalue weighted by atomic mass is 16.3. The summed E-state index contributed by atoms with van der Waals surface area (Å²) in [6.45, 7) is 4.56. The normalized spacial score (nSPS) is 10.9. The van der Waals surface area contributed by atoms with Crippen molar-refractivity contribution >= 4 is 5.78 Å². The second kappa shape index (κ2) is 5.71. The maximum Gasteiger partial charge on any atom is 0.198 e. The van der Waals surface area contributed by atoms with E-state index in [0.717, 1.165) is 12.8 Å². The third-order valence-corrected chi connectivity index (χ3v) is 2.77. The van der Waals surface area contributed by atoms with E-state index >= 15 is 0 Å². The number of hydrogen-bond donors (Lipinski definition) is 1. The van der Waals surface area contributed by atoms with Crippen LogP contribution >= 0.6 is 0 Å². The van der Waals surface area contributed by atoms with E-state index in [9.17, 15) is 4.79 Å². The number of hydrogen-bond acceptors (Lipinski definition) is 3. The smallest absolute Gasteiger partial charge is 0.198 e. The Bertz CT molecular complexity index is 313. The van der Waals surface area contributed by atoms with Crippen LogP contribution in [0.3, 0.4) is 0 Å². The maximum atomic E-state index is 11.8. The van der Waals surface area contributed by atoms with Gasteiger partial charge in [-0.15, -0.1) is 0 Å². The Labute approximate surface area is 90.6 Å². The molecule has 0 fully saturated rings. The standard InChI is InChI=1S/C12H19NO2/c1-3-9(4-2)7-11(14)12-6-5-10(8-13)15-12/h5-6,9H,3-4,7-8,13H2,1-2H3. The second-order valence-corrected chi connectivity index (χ2v) is 3.78. The second-order valence-electron chi connectivity index (χ2n) is 3.78. The molecule has 0 saturated heterocycles. The first kappa shape index (κ1) is 12.0. The third kappa shape index (κ3) is 3.20. The summed E-state index contributed by atoms with van der Waals surface area (Å²) in [6.07, 6.45) is 2.64. The summed E-state index contributed by atoms with van der Waals surface area (Å²) in [5, 5.41) is 0. The molecule has 3 heteroatoms. The molecule has 1 heterocycles. The molecule has 0 radical (unpaired) electrons. The first-order chi connectivity index (χ1) is 7.21. The van der Waals surface area contributed by atoms with E-state index in [1.165, 1.54) is 0 Å². The lowest BCUT2D eigenvalue weighted by molar-refractivity contribution is 0.0929. The fourth-order valence-corrected chi connectivity index (χ4v) is 1.58. The molecule has 0 amide bonds. The number of carbonyl (C=O) groups is 1. The lowest BCUT2D eigenvalue weighted by Crippen LogP contribution is -2.06. The van der Waals surface area contributed by atoms with E-state index < -0.39 is 0 Å². The fourth-order valence-electron chi connectivity index (χ4n) is 1.58. The van der Waals surface area contributed by atoms with Crippen LogP contribution in [0.2, 0.25) is 0 Å². The molecule has 0 aromatic carbocycles. The first-order valence-electron chi connectivity index (χ1n) is 5.53. The topological polar surface area (TPSA) is 56.2 Å². The van der Waals surface area contributed by atoms with Gasteiger partial charge in [-0.25, -0.2) is 0 Å². The average molecular weight is 209 g/mol. The summed E-state index contributed by atoms with van der Waals surface area (Å²) in [5.74, 6) is 1.66. The van der Waals surface area contributed by atoms with Gasteiger partial charge in [-0.05, 0) is 18.1 Å². The minimum Gasteiger partial charge on any atom is -0.457 e. The monoisotopic (exact) mass is 209 g/mol. The van der Waals surface area contributed by atoms with Gasteiger partial charge >= 0.3 is 0 Å². The molecule has 1 aromatic heterocycles. The van der Waals surface area contributed by atoms with Crippen molar-refractivity contribution in [3.63, 3.8) is 0 Å². The molecule has 3 nitrogen and oxygen atoms in total. The van der Waals surface area contributed by atoms with Crippen molar-refractivity contribution in [1.29, 1.82) is 0 Å². The van der Waals surface area contributed by atoms with E-state index in [2.05, 4.69) is 13.8 Å². The van der Waals surface area contributed by atoms with Crippen molar-refractivity contribution in [3.05, 3.63) is 23.7 Å². The molecule has 1 aromatic rings. The SMILES string of the molecule is CCC(CC)CC(=O)c1ccc(CN)o1. The highest BCUT2D eigenvalue weighted by Gasteiger charge is 2.15. The molecule has 0 atom stereocenters. The van der Waals surface area contributed by atoms with E-state index in [4.69, 9.17) is 10.2 Å². The quantitative estimate of drug-likeness (QED) is 0.733. The van der Waals surface area contributed by atoms with Gasteiger partial charge in [0.2, 0.25) is 0 Å². The van der Waals surface area contributed by atoms with E-state index in [1.807, 2.05) is 0 Å². The number of Topliss-reactive ketones (excluding diaryl/α,β-unsaturated/α-hetero) is 1. The summed E-state index contributed by atoms with van der Waals surface area (Å²) in [5.41, 5.74) is 5.41. The molecule has 84 valence electrons. The average Bonchev–Trinajstić information content (AvgIpc) is 2.74. The lowest BCUT2D eigenvalue weighted by atomic mass is 9.96. The zero-order valence-corrected chi connectivity index (χ0v) is 9.45. The van der Waals surface area contributed by atoms with E-state index in [1.54, 1.807) is 12.1 Å². The molecule has 0 aliphatic rings. The number of ketones is 1. The molecule has 0 aliphatic heterocycles. The van der Waals surface area contributed by atoms with Gasteiger partial charge in [-0.1, -0.05) is 26.7 Å². The van der Waals surface area contributed by atoms with Crippen molar-refractivity contribution in [2.24, 2.45) is 11.7 Å². The van der Waals surface area contributed by atoms with Gasteiger partial charge in [-0.3, -0.25) is 4.79 Å². The van der Waals surface area contributed by atoms with Gasteiger partial charge in [0, 0.05) is 6.42 Å². The third-order valence-electron chi connectivity index (χ3n) is 2.77. The molecule has 2 N–H and O–H groups in total. The first-order valence-corrected chi connectivity index (χ1v) is 5.53. The van der Waals surface area contributed by atoms with Crippen molar-refractivity contribution in [2.75, 3.05) is 0 Å². The van der Waals surface area contributed by atoms with Crippen molar-refractivity contribution < 1.29 is 9.21 Å². The summed E-state index contributed by atoms with van der Waals surface area (Å²) < 4.78 is 5.31. The van der Waals surface area contributed by atoms with E-state index in [0.29, 0.717) is 30.4 Å². The molecule has 0 saturated carbocycles. The van der Waals surface area contributed by atoms with Gasteiger partial charge in [0.15, 0.2) is 11.5 Å². The minimum absolute atomic E-state index is 0.0865. The number of rotatable bonds is 6. The summed E-state index contributed by atoms with van der Waals surface area (Å²) in [7, 11) is 0. The molecule has 0 unspecified atom stereocenters. The van der Waals surface area contributed by atoms with Gasteiger partial charge in [0.1, 0.15) is 5.76 Å². The van der Waals surface area contributed by atoms with Crippen LogP contribution in [-0.2, 0) is 6.54 Å². The predicted molar refractivity (Wildman–Crippen MR) is 59.6 cm³/mol. The molecule has 1 rings (SSSR count). The van der Waals surface area contributed by atoms with E-state index in [-0.39, 0.29) is 5.78 Å². The van der Waals surface area contributed by atoms with Crippen molar-refractivity contribution in [3.8, 4) is 0 Å². The van der Waals surface area contributed by atoms with Gasteiger partial charge in [0.05, 0.1) is 6.54 Å². The summed E-state index contributed by atoms with van der Waals surface area (Å²) >= 11 is 0. The minimum atomic E-state index is 0.0865. The van der Waals surface area contributed by atoms with Crippen molar-refractivity contribution in [2.45, 2.75) is 39.7 Å². The Morgan fingerprint density at radius 1 is 1.40 bits per heavy atom. The van der Waals surface area contributed by atoms with Gasteiger partial charge in [0.25, 0.3) is 0 Å². The van der Waals surface area contributed by atoms with Crippen LogP contribution in [0, 0.1) is 5.92 Å². The molecule has 15 heavy (non-hydrogen) atoms. The molecule has 0 spiro atoms. The summed E-state index contributed by atoms with van der Waals surface area (Å²) in [6, 6.07) is 3.48. The van der Waals surface area contributed by atoms with Crippen LogP contribution in [-0.4, -0.2) is 5.78 Å². The maximum absolute atomic E-state index is 11.8. The van der Waals surface area contributed by atoms with Crippen LogP contribution in [0.5, 0.6) is 0 Å². The van der Waals surface area contributed by atoms with Crippen LogP contribution < -0.4 is 5.73 Å². The van der Waals surface area contributed by atoms with Gasteiger partial charge in [-0.2, -0.15) is 0 Å². The molecule has 0 aliphatic carbocycles. The largest absolute Gasteiger partial charge is 0.457 e. The van der Waals surface area contributed by atoms with Crippen molar-refractivity contribution in [1.82, 2.24) is 0 Å². The molecular formula is C12H19NO2. The molecular weight excluding hydrogens is 190 g/mol. The predicted octanol–water partition coefficient (Wildman–Crippen LogP) is 2.75. The Kier molecular flexibility index (Phi) is 4.56. The summed E-state index contributed by atoms with van der Waals surface area (Å²) in [4.78, 5) is 11.8. The zero-order valence-electron chi connectivity index (χ0n) is 9.45. The Morgan fingerprint density at radius 2 is 2.07 bits per heavy atom. The number of furan rings is 1. The number of nitrogens with two attached hydrogens (primary N) is 1. The number of carbonyl (C=O) groups excluding carboxylic acids is 1. The Balaban J connectivity index is 2.60.